The molecule has 8 atom stereocenters. The molecule has 398 valence electrons. The maximum Gasteiger partial charge on any atom is 0.490 e. The zero-order valence-corrected chi connectivity index (χ0v) is 42.3. The van der Waals surface area contributed by atoms with Crippen molar-refractivity contribution in [2.24, 2.45) is 0 Å². The van der Waals surface area contributed by atoms with Crippen molar-refractivity contribution in [2.75, 3.05) is 66.1 Å². The summed E-state index contributed by atoms with van der Waals surface area (Å²) in [6.45, 7) is -2.74. The highest BCUT2D eigenvalue weighted by Crippen LogP contribution is 2.66. The molecular formula is C40H50N5O24P4+. The van der Waals surface area contributed by atoms with E-state index in [-0.39, 0.29) is 36.3 Å². The van der Waals surface area contributed by atoms with Crippen LogP contribution in [0.15, 0.2) is 80.9 Å². The number of hydrogen-bond acceptors (Lipinski definition) is 19. The van der Waals surface area contributed by atoms with Crippen LogP contribution in [0.2, 0.25) is 0 Å². The maximum atomic E-state index is 13.5. The van der Waals surface area contributed by atoms with Gasteiger partial charge < -0.3 is 63.9 Å². The molecule has 1 aromatic heterocycles. The van der Waals surface area contributed by atoms with Gasteiger partial charge in [-0.15, -0.1) is 0 Å². The molecule has 0 saturated carbocycles. The predicted octanol–water partition coefficient (Wildman–Crippen LogP) is 1.15. The van der Waals surface area contributed by atoms with Crippen LogP contribution in [0, 0.1) is 0 Å². The third-order valence-electron chi connectivity index (χ3n) is 10.5. The summed E-state index contributed by atoms with van der Waals surface area (Å²) in [6.07, 6.45) is -8.74. The average Bonchev–Trinajstić information content (AvgIpc) is 3.58. The summed E-state index contributed by atoms with van der Waals surface area (Å²) in [7, 11) is -15.3. The van der Waals surface area contributed by atoms with Crippen LogP contribution in [-0.4, -0.2) is 147 Å². The van der Waals surface area contributed by atoms with Crippen LogP contribution in [0.1, 0.15) is 33.4 Å². The van der Waals surface area contributed by atoms with Crippen molar-refractivity contribution in [1.29, 1.82) is 0 Å². The Morgan fingerprint density at radius 1 is 0.890 bits per heavy atom. The number of hydrogen-bond donors (Lipinski definition) is 10. The molecule has 0 radical (unpaired) electrons. The van der Waals surface area contributed by atoms with Crippen LogP contribution in [0.3, 0.4) is 0 Å². The summed E-state index contributed by atoms with van der Waals surface area (Å²) >= 11 is 0. The fourth-order valence-corrected chi connectivity index (χ4v) is 11.2. The van der Waals surface area contributed by atoms with Crippen molar-refractivity contribution in [1.82, 2.24) is 19.4 Å². The molecule has 29 nitrogen and oxygen atoms in total. The second-order valence-electron chi connectivity index (χ2n) is 16.3. The Kier molecular flexibility index (Phi) is 18.2. The number of ether oxygens (including phenoxy) is 2. The van der Waals surface area contributed by atoms with Gasteiger partial charge in [-0.3, -0.25) is 32.7 Å². The fraction of sp³-hybridized carbons (Fsp3) is 0.375. The van der Waals surface area contributed by atoms with E-state index in [2.05, 4.69) is 18.5 Å². The van der Waals surface area contributed by atoms with E-state index in [1.54, 1.807) is 0 Å². The number of aliphatic hydroxyl groups is 2. The minimum Gasteiger partial charge on any atom is -0.478 e. The summed E-state index contributed by atoms with van der Waals surface area (Å²) < 4.78 is 89.3. The monoisotopic (exact) mass is 1110 g/mol. The molecule has 0 bridgehead atoms. The molecule has 5 unspecified atom stereocenters. The first kappa shape index (κ1) is 57.2. The SMILES string of the molecule is CN(C)c1ccc2c(-c3cc(C(=O)NCCCOCC(O)COP(=O)(O)O[C@H]4C(O)[C@@H](COP(=O)(O)OP(=O)(O)OP(=O)(O)O)O[C@H]4n4ccc(=O)[nH]c4=O)ccc3C(=O)O)c3ccc(=[N+](C)C)cc-3oc2c1. The van der Waals surface area contributed by atoms with Crippen LogP contribution >= 0.6 is 31.3 Å². The van der Waals surface area contributed by atoms with E-state index in [4.69, 9.17) is 32.7 Å². The molecular weight excluding hydrogens is 1060 g/mol. The van der Waals surface area contributed by atoms with Crippen molar-refractivity contribution in [3.63, 3.8) is 0 Å². The topological polar surface area (TPSA) is 415 Å². The highest BCUT2D eigenvalue weighted by Gasteiger charge is 2.51. The number of carbonyl (C=O) groups excluding carboxylic acids is 1. The van der Waals surface area contributed by atoms with E-state index in [1.807, 2.05) is 79.0 Å². The number of aromatic amines is 1. The van der Waals surface area contributed by atoms with E-state index in [1.165, 1.54) is 18.2 Å². The smallest absolute Gasteiger partial charge is 0.478 e. The number of amides is 1. The Morgan fingerprint density at radius 2 is 1.62 bits per heavy atom. The largest absolute Gasteiger partial charge is 0.490 e. The van der Waals surface area contributed by atoms with Gasteiger partial charge in [-0.1, -0.05) is 0 Å². The quantitative estimate of drug-likeness (QED) is 0.0190. The Balaban J connectivity index is 1.05. The van der Waals surface area contributed by atoms with Crippen LogP contribution in [0.5, 0.6) is 0 Å². The first-order valence-electron chi connectivity index (χ1n) is 21.2. The van der Waals surface area contributed by atoms with Gasteiger partial charge in [0.1, 0.15) is 49.9 Å². The molecule has 3 heterocycles. The highest BCUT2D eigenvalue weighted by atomic mass is 31.3. The Morgan fingerprint density at radius 3 is 2.27 bits per heavy atom. The van der Waals surface area contributed by atoms with Gasteiger partial charge in [0, 0.05) is 79.4 Å². The van der Waals surface area contributed by atoms with Gasteiger partial charge in [0.25, 0.3) is 11.5 Å². The lowest BCUT2D eigenvalue weighted by atomic mass is 9.89. The van der Waals surface area contributed by atoms with Crippen molar-refractivity contribution < 1.29 is 104 Å². The number of aromatic nitrogens is 2. The third kappa shape index (κ3) is 15.0. The number of benzene rings is 3. The van der Waals surface area contributed by atoms with E-state index >= 15 is 0 Å². The molecule has 10 N–H and O–H groups in total. The number of aliphatic hydroxyl groups excluding tert-OH is 2. The predicted molar refractivity (Wildman–Crippen MR) is 252 cm³/mol. The number of carboxylic acid groups (broad SMARTS) is 1. The number of carbonyl (C=O) groups is 2. The first-order valence-corrected chi connectivity index (χ1v) is 27.2. The molecule has 1 aliphatic carbocycles. The summed E-state index contributed by atoms with van der Waals surface area (Å²) in [6, 6.07) is 16.1. The van der Waals surface area contributed by atoms with Gasteiger partial charge in [-0.05, 0) is 48.4 Å². The second-order valence-corrected chi connectivity index (χ2v) is 22.2. The van der Waals surface area contributed by atoms with Crippen LogP contribution < -0.4 is 31.4 Å². The van der Waals surface area contributed by atoms with Crippen molar-refractivity contribution >= 4 is 59.8 Å². The lowest BCUT2D eigenvalue weighted by molar-refractivity contribution is -0.0560. The molecule has 6 rings (SSSR count). The average molecular weight is 1110 g/mol. The van der Waals surface area contributed by atoms with E-state index < -0.39 is 105 Å². The summed E-state index contributed by atoms with van der Waals surface area (Å²) in [5, 5.41) is 35.9. The van der Waals surface area contributed by atoms with Gasteiger partial charge >= 0.3 is 42.9 Å². The van der Waals surface area contributed by atoms with Gasteiger partial charge in [-0.25, -0.2) is 32.4 Å². The highest BCUT2D eigenvalue weighted by molar-refractivity contribution is 7.66. The number of nitrogens with one attached hydrogen (secondary N) is 2. The molecule has 1 saturated heterocycles. The number of phosphoric acid groups is 4. The fourth-order valence-electron chi connectivity index (χ4n) is 7.20. The molecule has 2 aromatic carbocycles. The zero-order valence-electron chi connectivity index (χ0n) is 38.7. The van der Waals surface area contributed by atoms with Crippen molar-refractivity contribution in [2.45, 2.75) is 37.1 Å². The minimum absolute atomic E-state index is 0.0470. The van der Waals surface area contributed by atoms with Crippen LogP contribution in [0.25, 0.3) is 33.4 Å². The number of anilines is 1. The van der Waals surface area contributed by atoms with Gasteiger partial charge in [-0.2, -0.15) is 8.62 Å². The Bertz CT molecular complexity index is 3220. The van der Waals surface area contributed by atoms with Gasteiger partial charge in [0.2, 0.25) is 5.36 Å². The molecule has 1 amide bonds. The number of rotatable bonds is 23. The zero-order chi connectivity index (χ0) is 53.8. The number of phosphoric ester groups is 2. The molecule has 73 heavy (non-hydrogen) atoms. The van der Waals surface area contributed by atoms with Crippen molar-refractivity contribution in [3.05, 3.63) is 104 Å². The third-order valence-corrected chi connectivity index (χ3v) is 15.3. The standard InChI is InChI=1S/C40H49N5O24P4/c1-43(2)23-7-10-27-30(17-23)65-31-18-24(44(3)4)8-11-28(31)34(27)29-16-22(6-9-26(29)39(50)51)37(49)41-13-5-15-62-19-25(46)20-63-71(56,57)67-36-35(48)32(66-38(36)45-14-12-33(47)42-40(45)52)21-64-72(58,59)69-73(60,61)68-70(53,54)55/h6-12,14,16-18,25,32,35-36,38,46,48H,5,13,15,19-21H2,1-4H3,(H7-,41,42,47,49,50,51,52,53,54,55,56,57,58,59,60,61)/p+1/t25?,32-,35?,36+,38-/m1/s1. The van der Waals surface area contributed by atoms with Crippen LogP contribution in [0.4, 0.5) is 5.69 Å². The van der Waals surface area contributed by atoms with E-state index in [9.17, 15) is 67.4 Å². The Hall–Kier alpha value is -5.09. The lowest BCUT2D eigenvalue weighted by Gasteiger charge is -2.24. The normalized spacial score (nSPS) is 20.0. The van der Waals surface area contributed by atoms with Gasteiger partial charge in [0.05, 0.1) is 31.5 Å². The number of aromatic carboxylic acids is 1. The number of carboxylic acids is 1. The molecule has 1 fully saturated rings. The molecule has 0 spiro atoms. The number of H-pyrrole nitrogens is 1. The summed E-state index contributed by atoms with van der Waals surface area (Å²) in [4.78, 5) is 101. The second kappa shape index (κ2) is 23.2. The maximum absolute atomic E-state index is 13.5. The Labute approximate surface area is 411 Å². The van der Waals surface area contributed by atoms with Crippen molar-refractivity contribution in [3.8, 4) is 22.5 Å². The summed E-state index contributed by atoms with van der Waals surface area (Å²) in [5.74, 6) is -1.28. The molecule has 3 aromatic rings. The number of nitrogens with zero attached hydrogens (tertiary/aromatic N) is 3. The first-order chi connectivity index (χ1) is 34.0. The van der Waals surface area contributed by atoms with E-state index in [0.717, 1.165) is 23.3 Å². The minimum atomic E-state index is -5.95. The molecule has 2 aliphatic heterocycles. The number of fused-ring (bicyclic) bond motifs is 2. The molecule has 33 heteroatoms. The summed E-state index contributed by atoms with van der Waals surface area (Å²) in [5.41, 5.74) is 0.717. The van der Waals surface area contributed by atoms with Crippen LogP contribution in [-0.2, 0) is 49.9 Å². The van der Waals surface area contributed by atoms with Gasteiger partial charge in [0.15, 0.2) is 6.23 Å². The lowest BCUT2D eigenvalue weighted by Crippen LogP contribution is -2.39. The van der Waals surface area contributed by atoms with E-state index in [0.29, 0.717) is 32.4 Å². The molecule has 3 aliphatic rings.